The van der Waals surface area contributed by atoms with Gasteiger partial charge in [0.25, 0.3) is 5.91 Å². The molecule has 0 aliphatic carbocycles. The first kappa shape index (κ1) is 20.9. The van der Waals surface area contributed by atoms with Crippen molar-refractivity contribution in [2.45, 2.75) is 19.8 Å². The molecule has 0 unspecified atom stereocenters. The topological polar surface area (TPSA) is 104 Å². The van der Waals surface area contributed by atoms with Crippen LogP contribution in [0.25, 0.3) is 10.6 Å². The van der Waals surface area contributed by atoms with Gasteiger partial charge in [-0.15, -0.1) is 11.3 Å². The third kappa shape index (κ3) is 4.14. The van der Waals surface area contributed by atoms with Gasteiger partial charge in [-0.3, -0.25) is 9.59 Å². The number of hydrogen-bond acceptors (Lipinski definition) is 7. The molecule has 2 heterocycles. The fourth-order valence-electron chi connectivity index (χ4n) is 3.44. The van der Waals surface area contributed by atoms with Crippen molar-refractivity contribution in [2.24, 2.45) is 11.7 Å². The van der Waals surface area contributed by atoms with Crippen LogP contribution in [0.5, 0.6) is 17.2 Å². The molecule has 156 valence electrons. The zero-order valence-corrected chi connectivity index (χ0v) is 17.8. The lowest BCUT2D eigenvalue weighted by molar-refractivity contribution is -0.123. The van der Waals surface area contributed by atoms with E-state index >= 15 is 0 Å². The van der Waals surface area contributed by atoms with Gasteiger partial charge in [0.2, 0.25) is 11.7 Å². The molecular formula is C20H25N3O5S. The summed E-state index contributed by atoms with van der Waals surface area (Å²) in [4.78, 5) is 31.5. The maximum absolute atomic E-state index is 13.0. The minimum Gasteiger partial charge on any atom is -0.493 e. The number of primary amides is 1. The quantitative estimate of drug-likeness (QED) is 0.771. The molecule has 9 heteroatoms. The van der Waals surface area contributed by atoms with E-state index in [1.807, 2.05) is 19.1 Å². The zero-order valence-electron chi connectivity index (χ0n) is 17.0. The molecule has 1 aromatic heterocycles. The average Bonchev–Trinajstić information content (AvgIpc) is 3.13. The van der Waals surface area contributed by atoms with E-state index in [0.29, 0.717) is 53.9 Å². The van der Waals surface area contributed by atoms with Crippen molar-refractivity contribution >= 4 is 23.2 Å². The largest absolute Gasteiger partial charge is 0.493 e. The van der Waals surface area contributed by atoms with Crippen molar-refractivity contribution in [3.8, 4) is 27.8 Å². The zero-order chi connectivity index (χ0) is 21.1. The van der Waals surface area contributed by atoms with Gasteiger partial charge >= 0.3 is 0 Å². The molecule has 0 radical (unpaired) electrons. The third-order valence-corrected chi connectivity index (χ3v) is 6.12. The molecule has 0 bridgehead atoms. The van der Waals surface area contributed by atoms with Crippen LogP contribution >= 0.6 is 11.3 Å². The van der Waals surface area contributed by atoms with Crippen molar-refractivity contribution in [1.82, 2.24) is 9.88 Å². The van der Waals surface area contributed by atoms with E-state index in [-0.39, 0.29) is 17.7 Å². The van der Waals surface area contributed by atoms with Gasteiger partial charge < -0.3 is 24.8 Å². The van der Waals surface area contributed by atoms with Gasteiger partial charge in [-0.2, -0.15) is 0 Å². The molecule has 3 rings (SSSR count). The van der Waals surface area contributed by atoms with E-state index < -0.39 is 0 Å². The number of carbonyl (C=O) groups is 2. The molecule has 1 aliphatic heterocycles. The first-order valence-corrected chi connectivity index (χ1v) is 10.1. The normalized spacial score (nSPS) is 14.6. The van der Waals surface area contributed by atoms with E-state index in [0.717, 1.165) is 10.4 Å². The second kappa shape index (κ2) is 8.69. The lowest BCUT2D eigenvalue weighted by atomic mass is 9.96. The predicted octanol–water partition coefficient (Wildman–Crippen LogP) is 2.48. The maximum Gasteiger partial charge on any atom is 0.273 e. The molecule has 0 saturated carbocycles. The number of hydrogen-bond donors (Lipinski definition) is 1. The fourth-order valence-corrected chi connectivity index (χ4v) is 4.33. The number of rotatable bonds is 6. The molecule has 8 nitrogen and oxygen atoms in total. The Bertz CT molecular complexity index is 894. The molecule has 2 aromatic rings. The van der Waals surface area contributed by atoms with E-state index in [9.17, 15) is 9.59 Å². The number of amides is 2. The van der Waals surface area contributed by atoms with Crippen molar-refractivity contribution in [2.75, 3.05) is 34.4 Å². The van der Waals surface area contributed by atoms with Crippen molar-refractivity contribution in [1.29, 1.82) is 0 Å². The summed E-state index contributed by atoms with van der Waals surface area (Å²) in [5, 5.41) is 0.692. The van der Waals surface area contributed by atoms with E-state index in [1.165, 1.54) is 11.3 Å². The summed E-state index contributed by atoms with van der Waals surface area (Å²) in [6, 6.07) is 3.62. The van der Waals surface area contributed by atoms with Crippen LogP contribution in [0.15, 0.2) is 12.1 Å². The highest BCUT2D eigenvalue weighted by atomic mass is 32.1. The van der Waals surface area contributed by atoms with E-state index in [4.69, 9.17) is 19.9 Å². The summed E-state index contributed by atoms with van der Waals surface area (Å²) in [5.41, 5.74) is 6.58. The molecule has 1 aliphatic rings. The van der Waals surface area contributed by atoms with Crippen LogP contribution in [0.4, 0.5) is 0 Å². The first-order valence-electron chi connectivity index (χ1n) is 9.26. The molecule has 2 amide bonds. The van der Waals surface area contributed by atoms with Crippen LogP contribution in [-0.2, 0) is 4.79 Å². The highest BCUT2D eigenvalue weighted by molar-refractivity contribution is 7.15. The molecule has 1 saturated heterocycles. The number of piperidine rings is 1. The van der Waals surface area contributed by atoms with Gasteiger partial charge in [0.05, 0.1) is 21.3 Å². The van der Waals surface area contributed by atoms with Gasteiger partial charge in [0, 0.05) is 29.4 Å². The number of ether oxygens (including phenoxy) is 3. The highest BCUT2D eigenvalue weighted by Crippen LogP contribution is 2.42. The van der Waals surface area contributed by atoms with Crippen LogP contribution in [0.2, 0.25) is 0 Å². The summed E-state index contributed by atoms with van der Waals surface area (Å²) in [6.07, 6.45) is 1.17. The third-order valence-electron chi connectivity index (χ3n) is 5.10. The van der Waals surface area contributed by atoms with Crippen LogP contribution in [0, 0.1) is 12.8 Å². The minimum absolute atomic E-state index is 0.125. The van der Waals surface area contributed by atoms with Crippen LogP contribution in [-0.4, -0.2) is 56.1 Å². The summed E-state index contributed by atoms with van der Waals surface area (Å²) >= 11 is 1.43. The van der Waals surface area contributed by atoms with Gasteiger partial charge in [0.15, 0.2) is 11.5 Å². The number of likely N-dealkylation sites (tertiary alicyclic amines) is 1. The monoisotopic (exact) mass is 419 g/mol. The summed E-state index contributed by atoms with van der Waals surface area (Å²) in [6.45, 7) is 2.88. The highest BCUT2D eigenvalue weighted by Gasteiger charge is 2.29. The predicted molar refractivity (Wildman–Crippen MR) is 110 cm³/mol. The molecule has 29 heavy (non-hydrogen) atoms. The Balaban J connectivity index is 1.87. The second-order valence-electron chi connectivity index (χ2n) is 6.81. The number of aryl methyl sites for hydroxylation is 1. The number of nitrogens with zero attached hydrogens (tertiary/aromatic N) is 2. The molecule has 0 atom stereocenters. The van der Waals surface area contributed by atoms with Crippen molar-refractivity contribution < 1.29 is 23.8 Å². The number of carbonyl (C=O) groups excluding carboxylic acids is 2. The Labute approximate surface area is 173 Å². The second-order valence-corrected chi connectivity index (χ2v) is 8.01. The smallest absolute Gasteiger partial charge is 0.273 e. The van der Waals surface area contributed by atoms with Crippen LogP contribution in [0.1, 0.15) is 28.2 Å². The Morgan fingerprint density at radius 2 is 1.69 bits per heavy atom. The lowest BCUT2D eigenvalue weighted by Crippen LogP contribution is -2.42. The van der Waals surface area contributed by atoms with Crippen LogP contribution in [0.3, 0.4) is 0 Å². The van der Waals surface area contributed by atoms with Gasteiger partial charge in [-0.25, -0.2) is 4.98 Å². The Morgan fingerprint density at radius 1 is 1.10 bits per heavy atom. The number of methoxy groups -OCH3 is 3. The van der Waals surface area contributed by atoms with E-state index in [1.54, 1.807) is 26.2 Å². The number of nitrogens with two attached hydrogens (primary N) is 1. The number of aromatic nitrogens is 1. The Kier molecular flexibility index (Phi) is 6.26. The minimum atomic E-state index is -0.299. The average molecular weight is 420 g/mol. The van der Waals surface area contributed by atoms with Gasteiger partial charge in [-0.05, 0) is 31.9 Å². The van der Waals surface area contributed by atoms with Crippen molar-refractivity contribution in [3.05, 3.63) is 22.7 Å². The lowest BCUT2D eigenvalue weighted by Gasteiger charge is -2.30. The summed E-state index contributed by atoms with van der Waals surface area (Å²) < 4.78 is 16.2. The molecule has 1 aromatic carbocycles. The Morgan fingerprint density at radius 3 is 2.17 bits per heavy atom. The van der Waals surface area contributed by atoms with Crippen molar-refractivity contribution in [3.63, 3.8) is 0 Å². The molecule has 1 fully saturated rings. The van der Waals surface area contributed by atoms with Gasteiger partial charge in [-0.1, -0.05) is 0 Å². The number of benzene rings is 1. The molecule has 2 N–H and O–H groups in total. The Hall–Kier alpha value is -2.81. The maximum atomic E-state index is 13.0. The first-order chi connectivity index (χ1) is 13.9. The van der Waals surface area contributed by atoms with Crippen LogP contribution < -0.4 is 19.9 Å². The van der Waals surface area contributed by atoms with Gasteiger partial charge in [0.1, 0.15) is 10.7 Å². The summed E-state index contributed by atoms with van der Waals surface area (Å²) in [7, 11) is 4.66. The SMILES string of the molecule is COc1cc(-c2nc(C(=O)N3CCC(C(N)=O)CC3)c(C)s2)cc(OC)c1OC. The molecule has 0 spiro atoms. The number of thiazole rings is 1. The summed E-state index contributed by atoms with van der Waals surface area (Å²) in [5.74, 6) is 0.963. The standard InChI is InChI=1S/C20H25N3O5S/c1-11-16(20(25)23-7-5-12(6-8-23)18(21)24)22-19(29-11)13-9-14(26-2)17(28-4)15(10-13)27-3/h9-10,12H,5-8H2,1-4H3,(H2,21,24). The molecular weight excluding hydrogens is 394 g/mol. The van der Waals surface area contributed by atoms with E-state index in [2.05, 4.69) is 4.98 Å². The fraction of sp³-hybridized carbons (Fsp3) is 0.450.